The molecule has 2 N–H and O–H groups in total. The standard InChI is InChI=1S/C18H20N2O3S/c1-4-12-8-10-13(11-9-12)19-18(24)20-17(21)16-14(22-2)6-5-7-15(16)23-3/h5-11H,4H2,1-3H3,(H2,19,20,21,24). The van der Waals surface area contributed by atoms with Crippen molar-refractivity contribution in [3.8, 4) is 11.5 Å². The van der Waals surface area contributed by atoms with Crippen LogP contribution in [-0.4, -0.2) is 25.2 Å². The number of ether oxygens (including phenoxy) is 2. The van der Waals surface area contributed by atoms with E-state index in [0.29, 0.717) is 17.1 Å². The fraction of sp³-hybridized carbons (Fsp3) is 0.222. The topological polar surface area (TPSA) is 59.6 Å². The fourth-order valence-corrected chi connectivity index (χ4v) is 2.44. The zero-order valence-electron chi connectivity index (χ0n) is 13.9. The third-order valence-corrected chi connectivity index (χ3v) is 3.71. The molecule has 2 aromatic rings. The number of methoxy groups -OCH3 is 2. The summed E-state index contributed by atoms with van der Waals surface area (Å²) in [6.07, 6.45) is 0.967. The molecule has 6 heteroatoms. The monoisotopic (exact) mass is 344 g/mol. The molecule has 0 aromatic heterocycles. The molecule has 0 bridgehead atoms. The second kappa shape index (κ2) is 8.31. The van der Waals surface area contributed by atoms with Crippen LogP contribution in [0.3, 0.4) is 0 Å². The van der Waals surface area contributed by atoms with Crippen LogP contribution < -0.4 is 20.1 Å². The normalized spacial score (nSPS) is 9.96. The van der Waals surface area contributed by atoms with E-state index in [1.165, 1.54) is 19.8 Å². The number of rotatable bonds is 5. The summed E-state index contributed by atoms with van der Waals surface area (Å²) in [6, 6.07) is 13.0. The number of nitrogens with one attached hydrogen (secondary N) is 2. The lowest BCUT2D eigenvalue weighted by Crippen LogP contribution is -2.34. The summed E-state index contributed by atoms with van der Waals surface area (Å²) in [5.74, 6) is 0.441. The van der Waals surface area contributed by atoms with Gasteiger partial charge in [-0.1, -0.05) is 25.1 Å². The Morgan fingerprint density at radius 2 is 1.62 bits per heavy atom. The molecule has 0 saturated carbocycles. The van der Waals surface area contributed by atoms with E-state index in [2.05, 4.69) is 17.6 Å². The highest BCUT2D eigenvalue weighted by Crippen LogP contribution is 2.27. The molecule has 2 rings (SSSR count). The molecule has 0 aliphatic carbocycles. The van der Waals surface area contributed by atoms with E-state index in [1.54, 1.807) is 18.2 Å². The summed E-state index contributed by atoms with van der Waals surface area (Å²) in [5.41, 5.74) is 2.34. The maximum absolute atomic E-state index is 12.5. The van der Waals surface area contributed by atoms with Gasteiger partial charge in [0.25, 0.3) is 5.91 Å². The predicted octanol–water partition coefficient (Wildman–Crippen LogP) is 3.39. The van der Waals surface area contributed by atoms with E-state index in [4.69, 9.17) is 21.7 Å². The van der Waals surface area contributed by atoms with Gasteiger partial charge in [0, 0.05) is 5.69 Å². The highest BCUT2D eigenvalue weighted by molar-refractivity contribution is 7.80. The van der Waals surface area contributed by atoms with Crippen LogP contribution in [0.15, 0.2) is 42.5 Å². The smallest absolute Gasteiger partial charge is 0.264 e. The van der Waals surface area contributed by atoms with Crippen molar-refractivity contribution in [3.63, 3.8) is 0 Å². The molecule has 0 radical (unpaired) electrons. The molecule has 0 aliphatic rings. The number of benzene rings is 2. The zero-order chi connectivity index (χ0) is 17.5. The minimum absolute atomic E-state index is 0.206. The molecule has 126 valence electrons. The Balaban J connectivity index is 2.10. The highest BCUT2D eigenvalue weighted by Gasteiger charge is 2.19. The molecule has 0 spiro atoms. The van der Waals surface area contributed by atoms with Gasteiger partial charge in [0.05, 0.1) is 14.2 Å². The van der Waals surface area contributed by atoms with Crippen molar-refractivity contribution in [1.29, 1.82) is 0 Å². The number of thiocarbonyl (C=S) groups is 1. The van der Waals surface area contributed by atoms with Gasteiger partial charge in [0.2, 0.25) is 0 Å². The Kier molecular flexibility index (Phi) is 6.14. The Bertz CT molecular complexity index is 707. The molecule has 5 nitrogen and oxygen atoms in total. The first-order chi connectivity index (χ1) is 11.6. The van der Waals surface area contributed by atoms with Crippen molar-refractivity contribution in [2.75, 3.05) is 19.5 Å². The Morgan fingerprint density at radius 3 is 2.12 bits per heavy atom. The highest BCUT2D eigenvalue weighted by atomic mass is 32.1. The van der Waals surface area contributed by atoms with Crippen molar-refractivity contribution in [3.05, 3.63) is 53.6 Å². The van der Waals surface area contributed by atoms with Crippen molar-refractivity contribution >= 4 is 28.9 Å². The SMILES string of the molecule is CCc1ccc(NC(=S)NC(=O)c2c(OC)cccc2OC)cc1. The van der Waals surface area contributed by atoms with Crippen molar-refractivity contribution in [2.45, 2.75) is 13.3 Å². The van der Waals surface area contributed by atoms with E-state index in [-0.39, 0.29) is 5.11 Å². The van der Waals surface area contributed by atoms with Crippen molar-refractivity contribution < 1.29 is 14.3 Å². The lowest BCUT2D eigenvalue weighted by molar-refractivity contribution is 0.0971. The second-order valence-corrected chi connectivity index (χ2v) is 5.40. The Labute approximate surface area is 147 Å². The maximum Gasteiger partial charge on any atom is 0.264 e. The second-order valence-electron chi connectivity index (χ2n) is 5.00. The summed E-state index contributed by atoms with van der Waals surface area (Å²) in [7, 11) is 2.99. The summed E-state index contributed by atoms with van der Waals surface area (Å²) in [4.78, 5) is 12.5. The van der Waals surface area contributed by atoms with Gasteiger partial charge in [-0.2, -0.15) is 0 Å². The maximum atomic E-state index is 12.5. The number of carbonyl (C=O) groups excluding carboxylic acids is 1. The molecule has 0 saturated heterocycles. The van der Waals surface area contributed by atoms with Gasteiger partial charge in [-0.25, -0.2) is 0 Å². The third kappa shape index (κ3) is 4.23. The summed E-state index contributed by atoms with van der Waals surface area (Å²) in [5, 5.41) is 5.84. The molecule has 0 fully saturated rings. The zero-order valence-corrected chi connectivity index (χ0v) is 14.7. The van der Waals surface area contributed by atoms with Crippen molar-refractivity contribution in [2.24, 2.45) is 0 Å². The van der Waals surface area contributed by atoms with Gasteiger partial charge in [-0.05, 0) is 48.5 Å². The first kappa shape index (κ1) is 17.7. The van der Waals surface area contributed by atoms with Crippen LogP contribution in [0.5, 0.6) is 11.5 Å². The Morgan fingerprint density at radius 1 is 1.04 bits per heavy atom. The van der Waals surface area contributed by atoms with Crippen LogP contribution in [0.2, 0.25) is 0 Å². The molecular formula is C18H20N2O3S. The average molecular weight is 344 g/mol. The third-order valence-electron chi connectivity index (χ3n) is 3.50. The van der Waals surface area contributed by atoms with E-state index in [1.807, 2.05) is 24.3 Å². The molecule has 0 heterocycles. The number of carbonyl (C=O) groups is 1. The van der Waals surface area contributed by atoms with Crippen LogP contribution in [0.4, 0.5) is 5.69 Å². The quantitative estimate of drug-likeness (QED) is 0.814. The minimum Gasteiger partial charge on any atom is -0.496 e. The molecule has 0 atom stereocenters. The van der Waals surface area contributed by atoms with E-state index >= 15 is 0 Å². The number of amides is 1. The molecular weight excluding hydrogens is 324 g/mol. The Hall–Kier alpha value is -2.60. The van der Waals surface area contributed by atoms with E-state index < -0.39 is 5.91 Å². The molecule has 0 aliphatic heterocycles. The first-order valence-corrected chi connectivity index (χ1v) is 7.92. The van der Waals surface area contributed by atoms with Gasteiger partial charge in [-0.15, -0.1) is 0 Å². The van der Waals surface area contributed by atoms with Gasteiger partial charge in [0.15, 0.2) is 5.11 Å². The van der Waals surface area contributed by atoms with E-state index in [0.717, 1.165) is 12.1 Å². The fourth-order valence-electron chi connectivity index (χ4n) is 2.23. The number of aryl methyl sites for hydroxylation is 1. The minimum atomic E-state index is -0.396. The summed E-state index contributed by atoms with van der Waals surface area (Å²) < 4.78 is 10.5. The summed E-state index contributed by atoms with van der Waals surface area (Å²) >= 11 is 5.21. The van der Waals surface area contributed by atoms with Gasteiger partial charge in [0.1, 0.15) is 17.1 Å². The average Bonchev–Trinajstić information content (AvgIpc) is 2.61. The number of anilines is 1. The molecule has 24 heavy (non-hydrogen) atoms. The lowest BCUT2D eigenvalue weighted by Gasteiger charge is -2.14. The van der Waals surface area contributed by atoms with E-state index in [9.17, 15) is 4.79 Å². The van der Waals surface area contributed by atoms with Crippen molar-refractivity contribution in [1.82, 2.24) is 5.32 Å². The largest absolute Gasteiger partial charge is 0.496 e. The summed E-state index contributed by atoms with van der Waals surface area (Å²) in [6.45, 7) is 2.09. The number of hydrogen-bond donors (Lipinski definition) is 2. The van der Waals surface area contributed by atoms with Gasteiger partial charge in [-0.3, -0.25) is 10.1 Å². The lowest BCUT2D eigenvalue weighted by atomic mass is 10.1. The van der Waals surface area contributed by atoms with Crippen LogP contribution in [0, 0.1) is 0 Å². The van der Waals surface area contributed by atoms with Crippen LogP contribution in [-0.2, 0) is 6.42 Å². The molecule has 2 aromatic carbocycles. The van der Waals surface area contributed by atoms with Crippen LogP contribution >= 0.6 is 12.2 Å². The molecule has 0 unspecified atom stereocenters. The van der Waals surface area contributed by atoms with Gasteiger partial charge < -0.3 is 14.8 Å². The van der Waals surface area contributed by atoms with Crippen LogP contribution in [0.1, 0.15) is 22.8 Å². The predicted molar refractivity (Wildman–Crippen MR) is 99.1 cm³/mol. The van der Waals surface area contributed by atoms with Crippen LogP contribution in [0.25, 0.3) is 0 Å². The number of hydrogen-bond acceptors (Lipinski definition) is 4. The molecule has 1 amide bonds. The van der Waals surface area contributed by atoms with Gasteiger partial charge >= 0.3 is 0 Å². The first-order valence-electron chi connectivity index (χ1n) is 7.51.